The van der Waals surface area contributed by atoms with E-state index in [2.05, 4.69) is 0 Å². The molecule has 7 aromatic rings. The van der Waals surface area contributed by atoms with Gasteiger partial charge in [0.2, 0.25) is 18.3 Å². The molecule has 10 atom stereocenters. The fourth-order valence-corrected chi connectivity index (χ4v) is 8.99. The van der Waals surface area contributed by atoms with Crippen molar-refractivity contribution in [2.24, 2.45) is 0 Å². The van der Waals surface area contributed by atoms with Gasteiger partial charge in [0.05, 0.1) is 38.9 Å². The molecule has 9 rings (SSSR count). The molecule has 85 heavy (non-hydrogen) atoms. The fraction of sp³-hybridized carbons (Fsp3) is 0.206. The molecular weight excluding hydrogens is 1170 g/mol. The quantitative estimate of drug-likeness (QED) is 0.0260. The molecule has 0 spiro atoms. The lowest BCUT2D eigenvalue weighted by Gasteiger charge is -2.48. The van der Waals surface area contributed by atoms with Gasteiger partial charge in [-0.15, -0.1) is 0 Å². The minimum absolute atomic E-state index is 0.0119. The number of rotatable bonds is 19. The molecule has 0 radical (unpaired) electrons. The van der Waals surface area contributed by atoms with E-state index >= 15 is 0 Å². The van der Waals surface area contributed by atoms with Crippen LogP contribution in [0.3, 0.4) is 0 Å². The normalized spacial score (nSPS) is 21.8. The number of alkyl halides is 3. The maximum atomic E-state index is 14.6. The van der Waals surface area contributed by atoms with Gasteiger partial charge in [-0.2, -0.15) is 0 Å². The Hall–Kier alpha value is -8.95. The molecule has 22 heteroatoms. The van der Waals surface area contributed by atoms with E-state index in [1.165, 1.54) is 109 Å². The molecule has 2 saturated heterocycles. The third-order valence-electron chi connectivity index (χ3n) is 13.0. The average Bonchev–Trinajstić information content (AvgIpc) is 1.60. The zero-order chi connectivity index (χ0) is 59.9. The van der Waals surface area contributed by atoms with Crippen molar-refractivity contribution in [1.82, 2.24) is 0 Å². The van der Waals surface area contributed by atoms with Crippen molar-refractivity contribution in [3.05, 3.63) is 251 Å². The summed E-state index contributed by atoms with van der Waals surface area (Å²) < 4.78 is 66.3. The Morgan fingerprint density at radius 3 is 0.894 bits per heavy atom. The van der Waals surface area contributed by atoms with Crippen LogP contribution in [0.1, 0.15) is 72.5 Å². The van der Waals surface area contributed by atoms with E-state index in [4.69, 9.17) is 92.3 Å². The summed E-state index contributed by atoms with van der Waals surface area (Å²) >= 11 is 18.5. The van der Waals surface area contributed by atoms with E-state index in [9.17, 15) is 33.6 Å². The predicted octanol–water partition coefficient (Wildman–Crippen LogP) is 10.0. The monoisotopic (exact) mass is 1210 g/mol. The first kappa shape index (κ1) is 60.6. The van der Waals surface area contributed by atoms with Crippen molar-refractivity contribution in [2.45, 2.75) is 65.2 Å². The summed E-state index contributed by atoms with van der Waals surface area (Å²) in [7, 11) is 0. The molecule has 0 bridgehead atoms. The van der Waals surface area contributed by atoms with Crippen LogP contribution in [0, 0.1) is 5.41 Å². The molecule has 19 nitrogen and oxygen atoms in total. The number of hydrogen-bond donors (Lipinski definition) is 1. The number of hydrogen-bond acceptors (Lipinski definition) is 19. The molecule has 2 heterocycles. The van der Waals surface area contributed by atoms with Crippen LogP contribution in [0.2, 0.25) is 0 Å². The van der Waals surface area contributed by atoms with Crippen LogP contribution in [0.15, 0.2) is 212 Å². The Labute approximate surface area is 500 Å². The molecular formula is C63H50Cl3NO18. The lowest BCUT2D eigenvalue weighted by atomic mass is 9.95. The van der Waals surface area contributed by atoms with E-state index in [1.54, 1.807) is 103 Å². The van der Waals surface area contributed by atoms with E-state index in [0.717, 1.165) is 0 Å². The average molecular weight is 1220 g/mol. The Morgan fingerprint density at radius 1 is 0.329 bits per heavy atom. The van der Waals surface area contributed by atoms with Crippen LogP contribution >= 0.6 is 34.8 Å². The summed E-state index contributed by atoms with van der Waals surface area (Å²) in [6, 6.07) is 53.3. The second kappa shape index (κ2) is 28.6. The van der Waals surface area contributed by atoms with Gasteiger partial charge < -0.3 is 52.1 Å². The van der Waals surface area contributed by atoms with Gasteiger partial charge in [0, 0.05) is 0 Å². The summed E-state index contributed by atoms with van der Waals surface area (Å²) in [5.41, 5.74) is 0.00502. The summed E-state index contributed by atoms with van der Waals surface area (Å²) in [6.07, 6.45) is -19.8. The summed E-state index contributed by atoms with van der Waals surface area (Å²) in [4.78, 5) is 100. The van der Waals surface area contributed by atoms with Crippen LogP contribution in [0.25, 0.3) is 0 Å². The molecule has 2 aliphatic heterocycles. The first-order valence-electron chi connectivity index (χ1n) is 26.1. The van der Waals surface area contributed by atoms with Crippen molar-refractivity contribution in [2.75, 3.05) is 13.2 Å². The highest BCUT2D eigenvalue weighted by atomic mass is 35.6. The maximum Gasteiger partial charge on any atom is 0.338 e. The summed E-state index contributed by atoms with van der Waals surface area (Å²) in [5.74, 6) is -8.13. The number of esters is 7. The minimum Gasteiger partial charge on any atom is -0.459 e. The molecule has 2 fully saturated rings. The van der Waals surface area contributed by atoms with E-state index in [1.807, 2.05) is 0 Å². The van der Waals surface area contributed by atoms with E-state index in [-0.39, 0.29) is 38.9 Å². The third kappa shape index (κ3) is 15.8. The fourth-order valence-electron chi connectivity index (χ4n) is 8.85. The number of nitrogens with one attached hydrogen (secondary N) is 1. The molecule has 0 aliphatic carbocycles. The number of benzene rings is 7. The molecule has 1 N–H and O–H groups in total. The molecule has 436 valence electrons. The zero-order valence-electron chi connectivity index (χ0n) is 44.4. The number of ether oxygens (including phenoxy) is 11. The molecule has 0 aromatic heterocycles. The number of carbonyl (C=O) groups is 7. The van der Waals surface area contributed by atoms with Gasteiger partial charge >= 0.3 is 41.8 Å². The lowest BCUT2D eigenvalue weighted by Crippen LogP contribution is -2.67. The Bertz CT molecular complexity index is 3420. The highest BCUT2D eigenvalue weighted by Crippen LogP contribution is 2.38. The minimum atomic E-state index is -2.59. The summed E-state index contributed by atoms with van der Waals surface area (Å²) in [6.45, 7) is -1.64. The number of carbonyl (C=O) groups excluding carboxylic acids is 7. The van der Waals surface area contributed by atoms with Gasteiger partial charge in [0.1, 0.15) is 31.5 Å². The van der Waals surface area contributed by atoms with Gasteiger partial charge in [-0.25, -0.2) is 33.6 Å². The summed E-state index contributed by atoms with van der Waals surface area (Å²) in [5, 5.41) is 8.69. The Kier molecular flexibility index (Phi) is 20.4. The van der Waals surface area contributed by atoms with Crippen molar-refractivity contribution in [3.63, 3.8) is 0 Å². The first-order valence-corrected chi connectivity index (χ1v) is 27.3. The maximum absolute atomic E-state index is 14.6. The third-order valence-corrected chi connectivity index (χ3v) is 13.5. The molecule has 0 saturated carbocycles. The highest BCUT2D eigenvalue weighted by Gasteiger charge is 2.59. The molecule has 0 unspecified atom stereocenters. The van der Waals surface area contributed by atoms with E-state index < -0.39 is 126 Å². The first-order chi connectivity index (χ1) is 41.1. The zero-order valence-corrected chi connectivity index (χ0v) is 46.6. The van der Waals surface area contributed by atoms with Gasteiger partial charge in [-0.3, -0.25) is 5.41 Å². The second-order valence-corrected chi connectivity index (χ2v) is 21.0. The molecule has 7 aromatic carbocycles. The topological polar surface area (TPSA) is 245 Å². The largest absolute Gasteiger partial charge is 0.459 e. The van der Waals surface area contributed by atoms with Crippen LogP contribution in [0.4, 0.5) is 0 Å². The van der Waals surface area contributed by atoms with Crippen molar-refractivity contribution < 1.29 is 85.7 Å². The van der Waals surface area contributed by atoms with Gasteiger partial charge in [-0.05, 0) is 84.9 Å². The van der Waals surface area contributed by atoms with Crippen LogP contribution in [0.5, 0.6) is 0 Å². The second-order valence-electron chi connectivity index (χ2n) is 18.7. The highest BCUT2D eigenvalue weighted by molar-refractivity contribution is 6.76. The standard InChI is InChI=1S/C63H50Cl3NO18/c64-63(65,66)62(67)85-61-52(83-59(74)44-34-20-7-21-35-44)50(81-57(72)42-30-16-5-17-31-42)48(46(78-61)37-76-54(69)39-24-10-2-11-25-39)84-60-51(82-58(73)43-32-18-6-19-33-43)49(80-56(71)41-28-14-4-15-29-41)47(79-55(70)40-26-12-3-13-27-40)45(77-60)36-75-53(68)38-22-8-1-9-23-38/h1-35,45-52,60-61,67H,36-37H2/t45-,46-,47-,48-,49+,50+,51-,52-,60-,61-/m1/s1. The predicted molar refractivity (Wildman–Crippen MR) is 303 cm³/mol. The van der Waals surface area contributed by atoms with Gasteiger partial charge in [-0.1, -0.05) is 162 Å². The number of halogens is 3. The van der Waals surface area contributed by atoms with Gasteiger partial charge in [0.15, 0.2) is 30.7 Å². The lowest BCUT2D eigenvalue weighted by molar-refractivity contribution is -0.350. The van der Waals surface area contributed by atoms with Crippen molar-refractivity contribution in [1.29, 1.82) is 5.41 Å². The molecule has 2 aliphatic rings. The smallest absolute Gasteiger partial charge is 0.338 e. The van der Waals surface area contributed by atoms with Gasteiger partial charge in [0.25, 0.3) is 3.79 Å². The van der Waals surface area contributed by atoms with Crippen LogP contribution in [-0.2, 0) is 52.1 Å². The van der Waals surface area contributed by atoms with Crippen LogP contribution in [-0.4, -0.2) is 126 Å². The Balaban J connectivity index is 1.22. The van der Waals surface area contributed by atoms with Crippen LogP contribution < -0.4 is 0 Å². The molecule has 0 amide bonds. The SMILES string of the molecule is N=C(O[C@H]1O[C@H](COC(=O)c2ccccc2)[C@@H](O[C@H]2O[C@H](COC(=O)c3ccccc3)[C@@H](OC(=O)c3ccccc3)[C@H](OC(=O)c3ccccc3)[C@H]2OC(=O)c2ccccc2)[C@H](OC(=O)c2ccccc2)[C@H]1OC(=O)c1ccccc1)C(Cl)(Cl)Cl. The van der Waals surface area contributed by atoms with Crippen molar-refractivity contribution >= 4 is 82.5 Å². The van der Waals surface area contributed by atoms with Crippen molar-refractivity contribution in [3.8, 4) is 0 Å². The Morgan fingerprint density at radius 2 is 0.576 bits per heavy atom. The van der Waals surface area contributed by atoms with E-state index in [0.29, 0.717) is 0 Å².